The summed E-state index contributed by atoms with van der Waals surface area (Å²) in [5, 5.41) is 3.62. The Labute approximate surface area is 153 Å². The van der Waals surface area contributed by atoms with E-state index < -0.39 is 17.9 Å². The Kier molecular flexibility index (Phi) is 5.09. The van der Waals surface area contributed by atoms with Gasteiger partial charge in [-0.05, 0) is 23.8 Å². The molecule has 0 aliphatic rings. The molecule has 0 aliphatic heterocycles. The number of amides is 2. The number of hydrogen-bond acceptors (Lipinski definition) is 3. The van der Waals surface area contributed by atoms with E-state index in [1.54, 1.807) is 6.07 Å². The van der Waals surface area contributed by atoms with Crippen LogP contribution in [0.5, 0.6) is 0 Å². The second-order valence-corrected chi connectivity index (χ2v) is 6.47. The van der Waals surface area contributed by atoms with Crippen molar-refractivity contribution in [3.05, 3.63) is 76.4 Å². The predicted molar refractivity (Wildman–Crippen MR) is 100 cm³/mol. The summed E-state index contributed by atoms with van der Waals surface area (Å²) in [5.41, 5.74) is 7.32. The van der Waals surface area contributed by atoms with Crippen LogP contribution in [0.3, 0.4) is 0 Å². The summed E-state index contributed by atoms with van der Waals surface area (Å²) in [6.07, 6.45) is 0.302. The van der Waals surface area contributed by atoms with Gasteiger partial charge >= 0.3 is 0 Å². The highest BCUT2D eigenvalue weighted by Gasteiger charge is 2.21. The molecule has 0 saturated carbocycles. The molecule has 1 atom stereocenters. The number of nitrogens with zero attached hydrogens (tertiary/aromatic N) is 1. The Hall–Kier alpha value is -2.73. The fraction of sp³-hybridized carbons (Fsp3) is 0.105. The number of halogens is 1. The highest BCUT2D eigenvalue weighted by atomic mass is 79.9. The van der Waals surface area contributed by atoms with Crippen LogP contribution in [0, 0.1) is 0 Å². The number of hydrogen-bond donors (Lipinski definition) is 2. The largest absolute Gasteiger partial charge is 0.368 e. The van der Waals surface area contributed by atoms with Gasteiger partial charge in [0.15, 0.2) is 0 Å². The number of nitrogens with two attached hydrogens (primary N) is 1. The molecule has 0 bridgehead atoms. The zero-order chi connectivity index (χ0) is 17.8. The number of primary amides is 1. The van der Waals surface area contributed by atoms with Crippen LogP contribution < -0.4 is 11.1 Å². The van der Waals surface area contributed by atoms with E-state index in [4.69, 9.17) is 5.73 Å². The van der Waals surface area contributed by atoms with Crippen LogP contribution in [-0.4, -0.2) is 22.8 Å². The molecule has 5 nitrogen and oxygen atoms in total. The maximum atomic E-state index is 12.5. The summed E-state index contributed by atoms with van der Waals surface area (Å²) in [7, 11) is 0. The lowest BCUT2D eigenvalue weighted by Crippen LogP contribution is -2.46. The van der Waals surface area contributed by atoms with E-state index in [0.29, 0.717) is 6.42 Å². The smallest absolute Gasteiger partial charge is 0.270 e. The second-order valence-electron chi connectivity index (χ2n) is 5.61. The van der Waals surface area contributed by atoms with Crippen LogP contribution in [0.4, 0.5) is 0 Å². The predicted octanol–water partition coefficient (Wildman–Crippen LogP) is 2.82. The monoisotopic (exact) mass is 397 g/mol. The maximum Gasteiger partial charge on any atom is 0.270 e. The van der Waals surface area contributed by atoms with Crippen LogP contribution in [0.15, 0.2) is 65.1 Å². The lowest BCUT2D eigenvalue weighted by molar-refractivity contribution is -0.119. The van der Waals surface area contributed by atoms with Crippen LogP contribution in [0.25, 0.3) is 10.9 Å². The summed E-state index contributed by atoms with van der Waals surface area (Å²) in [6, 6.07) is 17.6. The lowest BCUT2D eigenvalue weighted by atomic mass is 10.1. The van der Waals surface area contributed by atoms with Gasteiger partial charge in [0.25, 0.3) is 5.91 Å². The number of pyridine rings is 1. The average Bonchev–Trinajstić information content (AvgIpc) is 2.62. The number of benzene rings is 2. The van der Waals surface area contributed by atoms with Crippen molar-refractivity contribution in [2.45, 2.75) is 12.5 Å². The van der Waals surface area contributed by atoms with Gasteiger partial charge < -0.3 is 11.1 Å². The van der Waals surface area contributed by atoms with E-state index in [2.05, 4.69) is 26.2 Å². The van der Waals surface area contributed by atoms with Gasteiger partial charge in [0, 0.05) is 16.3 Å². The van der Waals surface area contributed by atoms with E-state index in [9.17, 15) is 9.59 Å². The number of para-hydroxylation sites is 1. The Morgan fingerprint density at radius 2 is 1.76 bits per heavy atom. The van der Waals surface area contributed by atoms with Gasteiger partial charge in [-0.3, -0.25) is 9.59 Å². The maximum absolute atomic E-state index is 12.5. The highest BCUT2D eigenvalue weighted by Crippen LogP contribution is 2.18. The standard InChI is InChI=1S/C19H16BrN3O2/c20-14-7-3-1-6-13(14)11-17(18(21)24)23-19(25)16-10-9-12-5-2-4-8-15(12)22-16/h1-10,17H,11H2,(H2,21,24)(H,23,25)/t17-/m1/s1. The van der Waals surface area contributed by atoms with Crippen LogP contribution in [0.1, 0.15) is 16.1 Å². The van der Waals surface area contributed by atoms with E-state index in [0.717, 1.165) is 20.9 Å². The lowest BCUT2D eigenvalue weighted by Gasteiger charge is -2.16. The van der Waals surface area contributed by atoms with E-state index in [1.807, 2.05) is 54.6 Å². The van der Waals surface area contributed by atoms with Gasteiger partial charge in [0.1, 0.15) is 11.7 Å². The van der Waals surface area contributed by atoms with Crippen LogP contribution >= 0.6 is 15.9 Å². The minimum absolute atomic E-state index is 0.247. The van der Waals surface area contributed by atoms with Gasteiger partial charge in [-0.2, -0.15) is 0 Å². The zero-order valence-electron chi connectivity index (χ0n) is 13.3. The molecule has 3 N–H and O–H groups in total. The molecule has 0 radical (unpaired) electrons. The topological polar surface area (TPSA) is 85.1 Å². The molecule has 6 heteroatoms. The highest BCUT2D eigenvalue weighted by molar-refractivity contribution is 9.10. The number of carbonyl (C=O) groups excluding carboxylic acids is 2. The SMILES string of the molecule is NC(=O)[C@@H](Cc1ccccc1Br)NC(=O)c1ccc2ccccc2n1. The van der Waals surface area contributed by atoms with E-state index >= 15 is 0 Å². The average molecular weight is 398 g/mol. The van der Waals surface area contributed by atoms with Crippen molar-refractivity contribution in [3.63, 3.8) is 0 Å². The van der Waals surface area contributed by atoms with Crippen molar-refractivity contribution >= 4 is 38.6 Å². The van der Waals surface area contributed by atoms with Gasteiger partial charge in [0.2, 0.25) is 5.91 Å². The second kappa shape index (κ2) is 7.44. The van der Waals surface area contributed by atoms with Crippen molar-refractivity contribution in [1.82, 2.24) is 10.3 Å². The first kappa shape index (κ1) is 17.1. The molecule has 2 aromatic carbocycles. The number of carbonyl (C=O) groups is 2. The summed E-state index contributed by atoms with van der Waals surface area (Å²) < 4.78 is 0.860. The zero-order valence-corrected chi connectivity index (χ0v) is 14.9. The Balaban J connectivity index is 1.80. The van der Waals surface area contributed by atoms with Crippen LogP contribution in [0.2, 0.25) is 0 Å². The third-order valence-corrected chi connectivity index (χ3v) is 4.64. The fourth-order valence-electron chi connectivity index (χ4n) is 2.53. The molecule has 1 aromatic heterocycles. The number of rotatable bonds is 5. The van der Waals surface area contributed by atoms with Gasteiger partial charge in [0.05, 0.1) is 5.52 Å². The fourth-order valence-corrected chi connectivity index (χ4v) is 2.98. The minimum Gasteiger partial charge on any atom is -0.368 e. The molecular weight excluding hydrogens is 382 g/mol. The third kappa shape index (κ3) is 4.03. The molecule has 0 unspecified atom stereocenters. The molecule has 0 saturated heterocycles. The molecule has 1 heterocycles. The van der Waals surface area contributed by atoms with Gasteiger partial charge in [-0.25, -0.2) is 4.98 Å². The van der Waals surface area contributed by atoms with Crippen LogP contribution in [-0.2, 0) is 11.2 Å². The summed E-state index contributed by atoms with van der Waals surface area (Å²) in [6.45, 7) is 0. The molecule has 0 aliphatic carbocycles. The summed E-state index contributed by atoms with van der Waals surface area (Å²) in [5.74, 6) is -1.02. The normalized spacial score (nSPS) is 11.9. The molecular formula is C19H16BrN3O2. The first-order chi connectivity index (χ1) is 12.0. The summed E-state index contributed by atoms with van der Waals surface area (Å²) in [4.78, 5) is 28.6. The molecule has 0 spiro atoms. The third-order valence-electron chi connectivity index (χ3n) is 3.86. The van der Waals surface area contributed by atoms with E-state index in [-0.39, 0.29) is 5.69 Å². The molecule has 3 rings (SSSR count). The van der Waals surface area contributed by atoms with Crippen molar-refractivity contribution < 1.29 is 9.59 Å². The number of fused-ring (bicyclic) bond motifs is 1. The van der Waals surface area contributed by atoms with Crippen molar-refractivity contribution in [3.8, 4) is 0 Å². The molecule has 126 valence electrons. The van der Waals surface area contributed by atoms with Gasteiger partial charge in [-0.1, -0.05) is 58.4 Å². The Bertz CT molecular complexity index is 943. The molecule has 2 amide bonds. The van der Waals surface area contributed by atoms with Crippen molar-refractivity contribution in [2.75, 3.05) is 0 Å². The quantitative estimate of drug-likeness (QED) is 0.693. The molecule has 0 fully saturated rings. The number of aromatic nitrogens is 1. The van der Waals surface area contributed by atoms with Crippen molar-refractivity contribution in [2.24, 2.45) is 5.73 Å². The molecule has 3 aromatic rings. The minimum atomic E-state index is -0.820. The Morgan fingerprint density at radius 1 is 1.04 bits per heavy atom. The summed E-state index contributed by atoms with van der Waals surface area (Å²) >= 11 is 3.44. The number of nitrogens with one attached hydrogen (secondary N) is 1. The molecule has 25 heavy (non-hydrogen) atoms. The first-order valence-electron chi connectivity index (χ1n) is 7.74. The van der Waals surface area contributed by atoms with Gasteiger partial charge in [-0.15, -0.1) is 0 Å². The Morgan fingerprint density at radius 3 is 2.52 bits per heavy atom. The van der Waals surface area contributed by atoms with Crippen molar-refractivity contribution in [1.29, 1.82) is 0 Å². The van der Waals surface area contributed by atoms with E-state index in [1.165, 1.54) is 0 Å². The first-order valence-corrected chi connectivity index (χ1v) is 8.53.